The van der Waals surface area contributed by atoms with Crippen LogP contribution in [0.3, 0.4) is 0 Å². The van der Waals surface area contributed by atoms with Crippen molar-refractivity contribution in [3.8, 4) is 18.4 Å². The highest BCUT2D eigenvalue weighted by atomic mass is 16.3. The van der Waals surface area contributed by atoms with Crippen LogP contribution in [0, 0.1) is 23.7 Å². The molecule has 5 heteroatoms. The summed E-state index contributed by atoms with van der Waals surface area (Å²) >= 11 is 0. The van der Waals surface area contributed by atoms with Crippen LogP contribution in [-0.2, 0) is 0 Å². The molecular formula is C18H18N4O. The largest absolute Gasteiger partial charge is 0.444 e. The van der Waals surface area contributed by atoms with Gasteiger partial charge in [0.05, 0.1) is 11.8 Å². The maximum atomic E-state index is 8.99. The third-order valence-corrected chi connectivity index (χ3v) is 5.27. The summed E-state index contributed by atoms with van der Waals surface area (Å²) in [7, 11) is 2.23. The molecule has 2 aromatic heterocycles. The summed E-state index contributed by atoms with van der Waals surface area (Å²) in [6, 6.07) is 5.40. The van der Waals surface area contributed by atoms with Gasteiger partial charge >= 0.3 is 0 Å². The molecule has 2 atom stereocenters. The Morgan fingerprint density at radius 1 is 1.39 bits per heavy atom. The third kappa shape index (κ3) is 2.25. The Kier molecular flexibility index (Phi) is 3.25. The summed E-state index contributed by atoms with van der Waals surface area (Å²) in [4.78, 5) is 6.94. The van der Waals surface area contributed by atoms with Gasteiger partial charge in [0.15, 0.2) is 5.58 Å². The predicted molar refractivity (Wildman–Crippen MR) is 87.9 cm³/mol. The van der Waals surface area contributed by atoms with Crippen molar-refractivity contribution in [3.05, 3.63) is 23.6 Å². The van der Waals surface area contributed by atoms with E-state index in [9.17, 15) is 0 Å². The van der Waals surface area contributed by atoms with Gasteiger partial charge < -0.3 is 14.6 Å². The highest BCUT2D eigenvalue weighted by molar-refractivity contribution is 5.88. The van der Waals surface area contributed by atoms with E-state index in [0.29, 0.717) is 29.3 Å². The Morgan fingerprint density at radius 3 is 2.78 bits per heavy atom. The SMILES string of the molecule is C#Cc1c(NC2CC3CCC(C2)N3C)ncc2oc(C#N)cc12. The molecule has 2 fully saturated rings. The van der Waals surface area contributed by atoms with Crippen LogP contribution < -0.4 is 5.32 Å². The topological polar surface area (TPSA) is 65.1 Å². The molecule has 4 heterocycles. The number of rotatable bonds is 2. The van der Waals surface area contributed by atoms with Crippen LogP contribution in [0.25, 0.3) is 11.0 Å². The second-order valence-electron chi connectivity index (χ2n) is 6.49. The Bertz CT molecular complexity index is 827. The number of piperidine rings is 1. The van der Waals surface area contributed by atoms with Gasteiger partial charge in [0.2, 0.25) is 5.76 Å². The molecule has 0 saturated carbocycles. The molecule has 1 N–H and O–H groups in total. The van der Waals surface area contributed by atoms with Crippen molar-refractivity contribution in [2.45, 2.75) is 43.8 Å². The first-order valence-electron chi connectivity index (χ1n) is 7.97. The number of anilines is 1. The van der Waals surface area contributed by atoms with E-state index in [2.05, 4.69) is 28.2 Å². The van der Waals surface area contributed by atoms with Crippen LogP contribution in [0.1, 0.15) is 37.0 Å². The van der Waals surface area contributed by atoms with Gasteiger partial charge in [0.25, 0.3) is 0 Å². The van der Waals surface area contributed by atoms with Gasteiger partial charge in [-0.05, 0) is 32.7 Å². The van der Waals surface area contributed by atoms with E-state index in [1.807, 2.05) is 6.07 Å². The standard InChI is InChI=1S/C18H18N4O/c1-3-15-16-8-14(9-19)23-17(16)10-20-18(15)21-11-6-12-4-5-13(7-11)22(12)2/h1,8,10-13H,4-7H2,2H3,(H,20,21). The van der Waals surface area contributed by atoms with Crippen molar-refractivity contribution in [1.29, 1.82) is 5.26 Å². The number of hydrogen-bond acceptors (Lipinski definition) is 5. The summed E-state index contributed by atoms with van der Waals surface area (Å²) in [6.45, 7) is 0. The van der Waals surface area contributed by atoms with Crippen LogP contribution >= 0.6 is 0 Å². The van der Waals surface area contributed by atoms with Crippen LogP contribution in [-0.4, -0.2) is 35.1 Å². The van der Waals surface area contributed by atoms with Crippen LogP contribution in [0.2, 0.25) is 0 Å². The minimum Gasteiger partial charge on any atom is -0.444 e. The first-order chi connectivity index (χ1) is 11.2. The van der Waals surface area contributed by atoms with Gasteiger partial charge in [-0.2, -0.15) is 5.26 Å². The number of nitriles is 1. The van der Waals surface area contributed by atoms with E-state index in [0.717, 1.165) is 24.0 Å². The Morgan fingerprint density at radius 2 is 2.13 bits per heavy atom. The van der Waals surface area contributed by atoms with Gasteiger partial charge in [-0.3, -0.25) is 0 Å². The predicted octanol–water partition coefficient (Wildman–Crippen LogP) is 2.72. The van der Waals surface area contributed by atoms with E-state index in [1.165, 1.54) is 12.8 Å². The highest BCUT2D eigenvalue weighted by Crippen LogP contribution is 2.36. The van der Waals surface area contributed by atoms with Crippen molar-refractivity contribution >= 4 is 16.8 Å². The summed E-state index contributed by atoms with van der Waals surface area (Å²) < 4.78 is 5.41. The van der Waals surface area contributed by atoms with Crippen LogP contribution in [0.5, 0.6) is 0 Å². The number of fused-ring (bicyclic) bond motifs is 3. The van der Waals surface area contributed by atoms with Crippen LogP contribution in [0.15, 0.2) is 16.7 Å². The van der Waals surface area contributed by atoms with Crippen LogP contribution in [0.4, 0.5) is 5.82 Å². The maximum Gasteiger partial charge on any atom is 0.204 e. The molecule has 2 aliphatic heterocycles. The van der Waals surface area contributed by atoms with Crippen molar-refractivity contribution in [3.63, 3.8) is 0 Å². The van der Waals surface area contributed by atoms with Crippen molar-refractivity contribution in [2.75, 3.05) is 12.4 Å². The zero-order valence-electron chi connectivity index (χ0n) is 13.0. The average Bonchev–Trinajstić information content (AvgIpc) is 3.05. The fourth-order valence-corrected chi connectivity index (χ4v) is 4.05. The Labute approximate surface area is 135 Å². The molecule has 0 amide bonds. The first kappa shape index (κ1) is 14.1. The fourth-order valence-electron chi connectivity index (χ4n) is 4.05. The van der Waals surface area contributed by atoms with Crippen molar-refractivity contribution < 1.29 is 4.42 Å². The quantitative estimate of drug-likeness (QED) is 0.864. The lowest BCUT2D eigenvalue weighted by molar-refractivity contribution is 0.169. The lowest BCUT2D eigenvalue weighted by Crippen LogP contribution is -2.44. The van der Waals surface area contributed by atoms with Gasteiger partial charge in [-0.1, -0.05) is 5.92 Å². The van der Waals surface area contributed by atoms with E-state index in [1.54, 1.807) is 12.3 Å². The minimum absolute atomic E-state index is 0.257. The number of furan rings is 1. The van der Waals surface area contributed by atoms with E-state index in [4.69, 9.17) is 16.1 Å². The summed E-state index contributed by atoms with van der Waals surface area (Å²) in [5.41, 5.74) is 1.24. The second-order valence-corrected chi connectivity index (χ2v) is 6.49. The Hall–Kier alpha value is -2.50. The maximum absolute atomic E-state index is 8.99. The molecule has 2 unspecified atom stereocenters. The van der Waals surface area contributed by atoms with Gasteiger partial charge in [0, 0.05) is 29.6 Å². The smallest absolute Gasteiger partial charge is 0.204 e. The molecule has 2 aromatic rings. The molecule has 2 bridgehead atoms. The second kappa shape index (κ2) is 5.30. The molecule has 2 aliphatic rings. The van der Waals surface area contributed by atoms with Crippen molar-refractivity contribution in [2.24, 2.45) is 0 Å². The molecule has 0 radical (unpaired) electrons. The number of nitrogens with one attached hydrogen (secondary N) is 1. The van der Waals surface area contributed by atoms with E-state index in [-0.39, 0.29) is 5.76 Å². The normalized spacial score (nSPS) is 26.8. The van der Waals surface area contributed by atoms with E-state index < -0.39 is 0 Å². The average molecular weight is 306 g/mol. The molecule has 2 saturated heterocycles. The highest BCUT2D eigenvalue weighted by Gasteiger charge is 2.38. The van der Waals surface area contributed by atoms with Gasteiger partial charge in [-0.15, -0.1) is 6.42 Å². The molecule has 23 heavy (non-hydrogen) atoms. The zero-order chi connectivity index (χ0) is 16.0. The lowest BCUT2D eigenvalue weighted by Gasteiger charge is -2.36. The number of pyridine rings is 1. The molecular weight excluding hydrogens is 288 g/mol. The molecule has 0 aliphatic carbocycles. The number of hydrogen-bond donors (Lipinski definition) is 1. The molecule has 0 spiro atoms. The monoisotopic (exact) mass is 306 g/mol. The summed E-state index contributed by atoms with van der Waals surface area (Å²) in [5, 5.41) is 13.3. The molecule has 0 aromatic carbocycles. The number of aromatic nitrogens is 1. The number of terminal acetylenes is 1. The minimum atomic E-state index is 0.257. The fraction of sp³-hybridized carbons (Fsp3) is 0.444. The Balaban J connectivity index is 1.65. The molecule has 5 nitrogen and oxygen atoms in total. The zero-order valence-corrected chi connectivity index (χ0v) is 13.0. The van der Waals surface area contributed by atoms with Crippen molar-refractivity contribution in [1.82, 2.24) is 9.88 Å². The van der Waals surface area contributed by atoms with Gasteiger partial charge in [-0.25, -0.2) is 4.98 Å². The third-order valence-electron chi connectivity index (χ3n) is 5.27. The first-order valence-corrected chi connectivity index (χ1v) is 7.97. The summed E-state index contributed by atoms with van der Waals surface area (Å²) in [6.07, 6.45) is 12.1. The molecule has 116 valence electrons. The summed E-state index contributed by atoms with van der Waals surface area (Å²) in [5.74, 6) is 3.69. The van der Waals surface area contributed by atoms with Gasteiger partial charge in [0.1, 0.15) is 11.9 Å². The molecule has 4 rings (SSSR count). The van der Waals surface area contributed by atoms with E-state index >= 15 is 0 Å². The lowest BCUT2D eigenvalue weighted by atomic mass is 9.97. The number of nitrogens with zero attached hydrogens (tertiary/aromatic N) is 3.